The van der Waals surface area contributed by atoms with E-state index >= 15 is 0 Å². The fraction of sp³-hybridized carbons (Fsp3) is 0.846. The van der Waals surface area contributed by atoms with Gasteiger partial charge in [-0.15, -0.1) is 0 Å². The van der Waals surface area contributed by atoms with Crippen molar-refractivity contribution in [2.75, 3.05) is 19.8 Å². The second-order valence-electron chi connectivity index (χ2n) is 16.8. The van der Waals surface area contributed by atoms with Gasteiger partial charge in [-0.05, 0) is 122 Å². The lowest BCUT2D eigenvalue weighted by molar-refractivity contribution is -0.697. The van der Waals surface area contributed by atoms with Gasteiger partial charge in [0.2, 0.25) is 0 Å². The van der Waals surface area contributed by atoms with Crippen LogP contribution >= 0.6 is 7.82 Å². The highest BCUT2D eigenvalue weighted by Crippen LogP contribution is 2.68. The quantitative estimate of drug-likeness (QED) is 0.108. The van der Waals surface area contributed by atoms with Crippen LogP contribution in [-0.2, 0) is 24.9 Å². The number of nitrogens with zero attached hydrogens (tertiary/aromatic N) is 1. The zero-order valence-corrected chi connectivity index (χ0v) is 31.7. The third-order valence-corrected chi connectivity index (χ3v) is 15.1. The number of rotatable bonds is 15. The van der Waals surface area contributed by atoms with E-state index in [1.165, 1.54) is 57.8 Å². The Labute approximate surface area is 291 Å². The van der Waals surface area contributed by atoms with Crippen molar-refractivity contribution >= 4 is 13.9 Å². The average Bonchev–Trinajstić information content (AvgIpc) is 3.41. The van der Waals surface area contributed by atoms with E-state index in [1.807, 2.05) is 35.2 Å². The van der Waals surface area contributed by atoms with Gasteiger partial charge >= 0.3 is 13.9 Å². The Morgan fingerprint density at radius 1 is 0.938 bits per heavy atom. The molecule has 4 aliphatic rings. The topological polar surface area (TPSA) is 98.0 Å². The van der Waals surface area contributed by atoms with Crippen LogP contribution in [0.5, 0.6) is 0 Å². The summed E-state index contributed by atoms with van der Waals surface area (Å²) in [4.78, 5) is 22.6. The molecule has 0 aromatic carbocycles. The molecule has 0 aliphatic heterocycles. The van der Waals surface area contributed by atoms with Gasteiger partial charge in [0, 0.05) is 18.7 Å². The minimum atomic E-state index is -4.20. The molecule has 2 N–H and O–H groups in total. The van der Waals surface area contributed by atoms with E-state index in [-0.39, 0.29) is 25.9 Å². The highest BCUT2D eigenvalue weighted by molar-refractivity contribution is 7.47. The van der Waals surface area contributed by atoms with E-state index in [4.69, 9.17) is 13.8 Å². The van der Waals surface area contributed by atoms with Gasteiger partial charge in [0.05, 0.1) is 6.61 Å². The molecule has 272 valence electrons. The number of phosphoric acid groups is 1. The fourth-order valence-electron chi connectivity index (χ4n) is 11.4. The SMILES string of the molecule is CC[C@H](CC[C@@H](C)[C@H]1CC[C@H]2[C@@H]3CC[C@H]4C[C@@H](OC(=O)NCCOP(=O)(O)OCC[n+]5ccccc5)CC[C@]4(C)[C@H]3CC[C@]12C)C(C)C. The van der Waals surface area contributed by atoms with Crippen molar-refractivity contribution in [3.8, 4) is 0 Å². The van der Waals surface area contributed by atoms with E-state index in [1.54, 1.807) is 0 Å². The lowest BCUT2D eigenvalue weighted by Gasteiger charge is -2.61. The zero-order chi connectivity index (χ0) is 34.5. The van der Waals surface area contributed by atoms with E-state index in [9.17, 15) is 14.3 Å². The first-order valence-corrected chi connectivity index (χ1v) is 20.9. The largest absolute Gasteiger partial charge is 0.472 e. The van der Waals surface area contributed by atoms with E-state index < -0.39 is 13.9 Å². The molecule has 0 saturated heterocycles. The maximum absolute atomic E-state index is 12.7. The summed E-state index contributed by atoms with van der Waals surface area (Å²) in [5.74, 6) is 6.48. The lowest BCUT2D eigenvalue weighted by Crippen LogP contribution is -2.54. The third-order valence-electron chi connectivity index (χ3n) is 14.1. The molecule has 4 aliphatic carbocycles. The molecule has 9 heteroatoms. The Morgan fingerprint density at radius 2 is 1.65 bits per heavy atom. The van der Waals surface area contributed by atoms with Gasteiger partial charge < -0.3 is 14.9 Å². The van der Waals surface area contributed by atoms with Gasteiger partial charge in [0.15, 0.2) is 18.9 Å². The Morgan fingerprint density at radius 3 is 2.38 bits per heavy atom. The van der Waals surface area contributed by atoms with E-state index in [0.29, 0.717) is 23.3 Å². The minimum Gasteiger partial charge on any atom is -0.446 e. The normalized spacial score (nSPS) is 35.5. The maximum Gasteiger partial charge on any atom is 0.472 e. The highest BCUT2D eigenvalue weighted by Gasteiger charge is 2.60. The van der Waals surface area contributed by atoms with Crippen molar-refractivity contribution in [2.24, 2.45) is 58.2 Å². The molecular weight excluding hydrogens is 623 g/mol. The Kier molecular flexibility index (Phi) is 12.8. The van der Waals surface area contributed by atoms with Crippen molar-refractivity contribution in [3.63, 3.8) is 0 Å². The van der Waals surface area contributed by atoms with Crippen molar-refractivity contribution in [3.05, 3.63) is 30.6 Å². The summed E-state index contributed by atoms with van der Waals surface area (Å²) >= 11 is 0. The maximum atomic E-state index is 12.7. The molecule has 0 bridgehead atoms. The number of hydrogen-bond acceptors (Lipinski definition) is 5. The number of ether oxygens (including phenoxy) is 1. The Balaban J connectivity index is 1.05. The minimum absolute atomic E-state index is 0.0407. The fourth-order valence-corrected chi connectivity index (χ4v) is 12.1. The standard InChI is InChI=1S/C39H65N2O6P/c1-7-30(28(2)3)12-11-29(4)34-15-16-35-33-14-13-31-27-32(17-19-38(31,5)36(33)18-20-39(34,35)6)47-37(42)40-21-25-45-48(43,44)46-26-24-41-22-9-8-10-23-41/h8-10,22-23,28-36H,7,11-21,24-27H2,1-6H3,(H-,40,42,43,44)/p+1/t29-,30-,31+,32+,33+,34-,35+,36+,38+,39-/m1/s1. The summed E-state index contributed by atoms with van der Waals surface area (Å²) in [6.45, 7) is 15.4. The van der Waals surface area contributed by atoms with Crippen LogP contribution in [0.3, 0.4) is 0 Å². The molecule has 1 aromatic heterocycles. The molecule has 0 spiro atoms. The van der Waals surface area contributed by atoms with E-state index in [2.05, 4.69) is 46.9 Å². The Hall–Kier alpha value is -1.47. The van der Waals surface area contributed by atoms with Gasteiger partial charge in [-0.3, -0.25) is 9.05 Å². The van der Waals surface area contributed by atoms with Gasteiger partial charge in [-0.25, -0.2) is 13.9 Å². The van der Waals surface area contributed by atoms with Crippen LogP contribution in [0.4, 0.5) is 4.79 Å². The van der Waals surface area contributed by atoms with E-state index in [0.717, 1.165) is 60.7 Å². The first kappa shape index (κ1) is 37.8. The zero-order valence-electron chi connectivity index (χ0n) is 30.8. The van der Waals surface area contributed by atoms with Gasteiger partial charge in [-0.1, -0.05) is 60.5 Å². The highest BCUT2D eigenvalue weighted by atomic mass is 31.2. The number of nitrogens with one attached hydrogen (secondary N) is 1. The summed E-state index contributed by atoms with van der Waals surface area (Å²) in [7, 11) is -4.20. The summed E-state index contributed by atoms with van der Waals surface area (Å²) in [5, 5.41) is 2.70. The molecule has 1 aromatic rings. The summed E-state index contributed by atoms with van der Waals surface area (Å²) in [5.41, 5.74) is 0.841. The predicted molar refractivity (Wildman–Crippen MR) is 189 cm³/mol. The summed E-state index contributed by atoms with van der Waals surface area (Å²) < 4.78 is 30.0. The van der Waals surface area contributed by atoms with Crippen LogP contribution < -0.4 is 9.88 Å². The lowest BCUT2D eigenvalue weighted by atomic mass is 9.44. The van der Waals surface area contributed by atoms with Crippen molar-refractivity contribution in [1.29, 1.82) is 0 Å². The van der Waals surface area contributed by atoms with Crippen LogP contribution in [-0.4, -0.2) is 36.8 Å². The number of carbonyl (C=O) groups excluding carboxylic acids is 1. The van der Waals surface area contributed by atoms with Crippen LogP contribution in [0.25, 0.3) is 0 Å². The van der Waals surface area contributed by atoms with Crippen LogP contribution in [0.2, 0.25) is 0 Å². The average molecular weight is 690 g/mol. The molecule has 4 fully saturated rings. The number of alkyl carbamates (subject to hydrolysis) is 1. The summed E-state index contributed by atoms with van der Waals surface area (Å²) in [6.07, 6.45) is 18.4. The third kappa shape index (κ3) is 8.69. The molecule has 4 saturated carbocycles. The molecular formula is C39H66N2O6P+. The number of aromatic nitrogens is 1. The monoisotopic (exact) mass is 689 g/mol. The number of amides is 1. The molecule has 0 radical (unpaired) electrons. The second kappa shape index (κ2) is 16.3. The first-order chi connectivity index (χ1) is 22.9. The number of hydrogen-bond donors (Lipinski definition) is 2. The smallest absolute Gasteiger partial charge is 0.446 e. The van der Waals surface area contributed by atoms with Gasteiger partial charge in [-0.2, -0.15) is 0 Å². The van der Waals surface area contributed by atoms with Gasteiger partial charge in [0.1, 0.15) is 12.7 Å². The number of pyridine rings is 1. The molecule has 1 heterocycles. The second-order valence-corrected chi connectivity index (χ2v) is 18.3. The summed E-state index contributed by atoms with van der Waals surface area (Å²) in [6, 6.07) is 5.66. The predicted octanol–water partition coefficient (Wildman–Crippen LogP) is 8.96. The van der Waals surface area contributed by atoms with Crippen LogP contribution in [0, 0.1) is 58.2 Å². The van der Waals surface area contributed by atoms with Crippen molar-refractivity contribution < 1.29 is 32.6 Å². The molecule has 1 amide bonds. The molecule has 48 heavy (non-hydrogen) atoms. The number of carbonyl (C=O) groups is 1. The first-order valence-electron chi connectivity index (χ1n) is 19.4. The molecule has 11 atom stereocenters. The number of phosphoric ester groups is 1. The van der Waals surface area contributed by atoms with Crippen LogP contribution in [0.1, 0.15) is 119 Å². The molecule has 1 unspecified atom stereocenters. The molecule has 8 nitrogen and oxygen atoms in total. The number of fused-ring (bicyclic) bond motifs is 5. The Bertz CT molecular complexity index is 1230. The van der Waals surface area contributed by atoms with Crippen LogP contribution in [0.15, 0.2) is 30.6 Å². The van der Waals surface area contributed by atoms with Crippen molar-refractivity contribution in [2.45, 2.75) is 131 Å². The van der Waals surface area contributed by atoms with Gasteiger partial charge in [0.25, 0.3) is 0 Å². The van der Waals surface area contributed by atoms with Crippen molar-refractivity contribution in [1.82, 2.24) is 5.32 Å². The molecule has 5 rings (SSSR count).